The normalized spacial score (nSPS) is 12.4. The van der Waals surface area contributed by atoms with Gasteiger partial charge in [0.25, 0.3) is 5.78 Å². The van der Waals surface area contributed by atoms with Gasteiger partial charge in [-0.3, -0.25) is 4.79 Å². The number of benzene rings is 1. The molecule has 1 amide bonds. The third-order valence-electron chi connectivity index (χ3n) is 4.64. The zero-order chi connectivity index (χ0) is 20.4. The van der Waals surface area contributed by atoms with Crippen LogP contribution in [0.3, 0.4) is 0 Å². The predicted molar refractivity (Wildman–Crippen MR) is 103 cm³/mol. The number of fused-ring (bicyclic) bond motifs is 1. The van der Waals surface area contributed by atoms with Crippen LogP contribution >= 0.6 is 11.8 Å². The van der Waals surface area contributed by atoms with E-state index in [1.165, 1.54) is 17.8 Å². The lowest BCUT2D eigenvalue weighted by atomic mass is 10.1. The second-order valence-electron chi connectivity index (χ2n) is 6.53. The molecular formula is C19H21F2N5OS. The lowest BCUT2D eigenvalue weighted by Gasteiger charge is -2.15. The van der Waals surface area contributed by atoms with E-state index in [1.54, 1.807) is 11.4 Å². The Hall–Kier alpha value is -2.55. The maximum absolute atomic E-state index is 13.4. The summed E-state index contributed by atoms with van der Waals surface area (Å²) in [4.78, 5) is 21.2. The quantitative estimate of drug-likeness (QED) is 0.635. The number of hydrogen-bond acceptors (Lipinski definition) is 5. The third-order valence-corrected chi connectivity index (χ3v) is 5.17. The van der Waals surface area contributed by atoms with Crippen molar-refractivity contribution in [2.75, 3.05) is 6.26 Å². The van der Waals surface area contributed by atoms with Crippen LogP contribution in [0.2, 0.25) is 0 Å². The summed E-state index contributed by atoms with van der Waals surface area (Å²) in [5.74, 6) is -1.48. The Labute approximate surface area is 165 Å². The van der Waals surface area contributed by atoms with E-state index in [4.69, 9.17) is 0 Å². The highest BCUT2D eigenvalue weighted by Crippen LogP contribution is 2.19. The fourth-order valence-corrected chi connectivity index (χ4v) is 3.39. The number of nitrogens with one attached hydrogen (secondary N) is 1. The van der Waals surface area contributed by atoms with E-state index in [0.29, 0.717) is 22.9 Å². The van der Waals surface area contributed by atoms with Gasteiger partial charge in [-0.1, -0.05) is 17.8 Å². The fourth-order valence-electron chi connectivity index (χ4n) is 3.06. The molecule has 6 nitrogen and oxygen atoms in total. The molecule has 0 spiro atoms. The zero-order valence-corrected chi connectivity index (χ0v) is 16.9. The molecule has 0 aliphatic heterocycles. The largest absolute Gasteiger partial charge is 0.350 e. The van der Waals surface area contributed by atoms with Crippen molar-refractivity contribution in [3.63, 3.8) is 0 Å². The van der Waals surface area contributed by atoms with Crippen molar-refractivity contribution >= 4 is 23.4 Å². The molecule has 2 aromatic heterocycles. The summed E-state index contributed by atoms with van der Waals surface area (Å²) in [5, 5.41) is 7.86. The first-order valence-electron chi connectivity index (χ1n) is 8.81. The molecule has 3 aromatic rings. The third kappa shape index (κ3) is 4.14. The maximum atomic E-state index is 13.4. The molecule has 0 saturated carbocycles. The molecular weight excluding hydrogens is 384 g/mol. The lowest BCUT2D eigenvalue weighted by Crippen LogP contribution is -2.27. The first-order chi connectivity index (χ1) is 13.3. The minimum Gasteiger partial charge on any atom is -0.350 e. The van der Waals surface area contributed by atoms with Crippen molar-refractivity contribution < 1.29 is 13.6 Å². The molecule has 1 atom stereocenters. The van der Waals surface area contributed by atoms with E-state index in [2.05, 4.69) is 20.4 Å². The first kappa shape index (κ1) is 20.2. The zero-order valence-electron chi connectivity index (χ0n) is 16.1. The number of thioether (sulfide) groups is 1. The molecule has 9 heteroatoms. The average Bonchev–Trinajstić information content (AvgIpc) is 3.07. The van der Waals surface area contributed by atoms with E-state index in [-0.39, 0.29) is 12.3 Å². The van der Waals surface area contributed by atoms with Crippen LogP contribution in [0.25, 0.3) is 5.78 Å². The number of carbonyl (C=O) groups is 1. The smallest absolute Gasteiger partial charge is 0.253 e. The van der Waals surface area contributed by atoms with E-state index < -0.39 is 17.7 Å². The number of carbonyl (C=O) groups excluding carboxylic acids is 1. The molecule has 2 heterocycles. The molecule has 0 radical (unpaired) electrons. The number of nitrogens with zero attached hydrogens (tertiary/aromatic N) is 4. The highest BCUT2D eigenvalue weighted by Gasteiger charge is 2.16. The average molecular weight is 405 g/mol. The van der Waals surface area contributed by atoms with Crippen LogP contribution in [0.5, 0.6) is 0 Å². The van der Waals surface area contributed by atoms with Crippen molar-refractivity contribution in [1.82, 2.24) is 24.9 Å². The Morgan fingerprint density at radius 2 is 2.00 bits per heavy atom. The number of halogens is 2. The number of rotatable bonds is 6. The second-order valence-corrected chi connectivity index (χ2v) is 7.31. The van der Waals surface area contributed by atoms with Gasteiger partial charge in [0.05, 0.1) is 6.04 Å². The molecule has 1 N–H and O–H groups in total. The van der Waals surface area contributed by atoms with E-state index >= 15 is 0 Å². The summed E-state index contributed by atoms with van der Waals surface area (Å²) >= 11 is 1.44. The van der Waals surface area contributed by atoms with Crippen LogP contribution in [-0.2, 0) is 11.2 Å². The van der Waals surface area contributed by atoms with Gasteiger partial charge in [-0.2, -0.15) is 4.98 Å². The van der Waals surface area contributed by atoms with Gasteiger partial charge in [-0.05, 0) is 56.7 Å². The van der Waals surface area contributed by atoms with Crippen LogP contribution in [0.4, 0.5) is 8.78 Å². The highest BCUT2D eigenvalue weighted by molar-refractivity contribution is 7.98. The summed E-state index contributed by atoms with van der Waals surface area (Å²) in [6.07, 6.45) is 2.63. The molecule has 0 bridgehead atoms. The van der Waals surface area contributed by atoms with Crippen molar-refractivity contribution in [3.05, 3.63) is 52.3 Å². The molecule has 148 valence electrons. The molecule has 3 rings (SSSR count). The predicted octanol–water partition coefficient (Wildman–Crippen LogP) is 3.55. The topological polar surface area (TPSA) is 72.2 Å². The standard InChI is InChI=1S/C19H21F2N5OS/c1-10(13-5-7-15(20)16(21)9-13)22-17(27)8-6-14-11(2)23-18-24-19(28-4)25-26(18)12(14)3/h5,7,9-10H,6,8H2,1-4H3,(H,22,27)/t10-/m0/s1. The number of hydrogen-bond donors (Lipinski definition) is 1. The first-order valence-corrected chi connectivity index (χ1v) is 10.0. The van der Waals surface area contributed by atoms with Gasteiger partial charge < -0.3 is 5.32 Å². The fraction of sp³-hybridized carbons (Fsp3) is 0.368. The summed E-state index contributed by atoms with van der Waals surface area (Å²) in [6.45, 7) is 5.54. The molecule has 1 aromatic carbocycles. The van der Waals surface area contributed by atoms with Crippen molar-refractivity contribution in [2.24, 2.45) is 0 Å². The van der Waals surface area contributed by atoms with Gasteiger partial charge >= 0.3 is 0 Å². The van der Waals surface area contributed by atoms with Crippen LogP contribution in [0.1, 0.15) is 41.9 Å². The molecule has 0 fully saturated rings. The molecule has 0 saturated heterocycles. The summed E-state index contributed by atoms with van der Waals surface area (Å²) < 4.78 is 28.1. The lowest BCUT2D eigenvalue weighted by molar-refractivity contribution is -0.121. The minimum absolute atomic E-state index is 0.181. The number of amides is 1. The molecule has 0 aliphatic rings. The van der Waals surface area contributed by atoms with E-state index in [9.17, 15) is 13.6 Å². The molecule has 0 unspecified atom stereocenters. The summed E-state index contributed by atoms with van der Waals surface area (Å²) in [5.41, 5.74) is 3.17. The van der Waals surface area contributed by atoms with Gasteiger partial charge in [0.15, 0.2) is 11.6 Å². The summed E-state index contributed by atoms with van der Waals surface area (Å²) in [7, 11) is 0. The Morgan fingerprint density at radius 1 is 1.25 bits per heavy atom. The van der Waals surface area contributed by atoms with Crippen LogP contribution < -0.4 is 5.32 Å². The summed E-state index contributed by atoms with van der Waals surface area (Å²) in [6, 6.07) is 3.19. The van der Waals surface area contributed by atoms with Gasteiger partial charge in [-0.15, -0.1) is 5.10 Å². The number of aromatic nitrogens is 4. The van der Waals surface area contributed by atoms with E-state index in [0.717, 1.165) is 29.1 Å². The minimum atomic E-state index is -0.929. The van der Waals surface area contributed by atoms with Gasteiger partial charge in [-0.25, -0.2) is 18.3 Å². The number of aryl methyl sites for hydroxylation is 2. The van der Waals surface area contributed by atoms with E-state index in [1.807, 2.05) is 20.1 Å². The van der Waals surface area contributed by atoms with Crippen molar-refractivity contribution in [3.8, 4) is 0 Å². The van der Waals surface area contributed by atoms with Gasteiger partial charge in [0.1, 0.15) is 0 Å². The Morgan fingerprint density at radius 3 is 2.68 bits per heavy atom. The highest BCUT2D eigenvalue weighted by atomic mass is 32.2. The molecule has 0 aliphatic carbocycles. The van der Waals surface area contributed by atoms with Gasteiger partial charge in [0, 0.05) is 17.8 Å². The monoisotopic (exact) mass is 405 g/mol. The van der Waals surface area contributed by atoms with Gasteiger partial charge in [0.2, 0.25) is 11.1 Å². The SMILES string of the molecule is CSc1nc2nc(C)c(CCC(=O)N[C@@H](C)c3ccc(F)c(F)c3)c(C)n2n1. The Balaban J connectivity index is 1.69. The van der Waals surface area contributed by atoms with Crippen LogP contribution in [0, 0.1) is 25.5 Å². The molecule has 28 heavy (non-hydrogen) atoms. The Kier molecular flexibility index (Phi) is 5.93. The van der Waals surface area contributed by atoms with Crippen LogP contribution in [0.15, 0.2) is 23.4 Å². The van der Waals surface area contributed by atoms with Crippen LogP contribution in [-0.4, -0.2) is 31.7 Å². The second kappa shape index (κ2) is 8.22. The van der Waals surface area contributed by atoms with Crippen molar-refractivity contribution in [2.45, 2.75) is 44.8 Å². The maximum Gasteiger partial charge on any atom is 0.253 e. The van der Waals surface area contributed by atoms with Crippen molar-refractivity contribution in [1.29, 1.82) is 0 Å². The Bertz CT molecular complexity index is 1040.